The van der Waals surface area contributed by atoms with Gasteiger partial charge in [0.05, 0.1) is 6.10 Å². The summed E-state index contributed by atoms with van der Waals surface area (Å²) in [5.41, 5.74) is -1.45. The molecule has 2 N–H and O–H groups in total. The van der Waals surface area contributed by atoms with Crippen LogP contribution in [-0.2, 0) is 19.1 Å². The van der Waals surface area contributed by atoms with Crippen molar-refractivity contribution in [3.8, 4) is 0 Å². The fourth-order valence-electron chi connectivity index (χ4n) is 9.66. The molecule has 43 heavy (non-hydrogen) atoms. The van der Waals surface area contributed by atoms with Crippen LogP contribution in [-0.4, -0.2) is 46.1 Å². The summed E-state index contributed by atoms with van der Waals surface area (Å²) in [6.07, 6.45) is 24.0. The van der Waals surface area contributed by atoms with Gasteiger partial charge >= 0.3 is 5.97 Å². The third-order valence-electron chi connectivity index (χ3n) is 12.0. The topological polar surface area (TPSA) is 101 Å². The summed E-state index contributed by atoms with van der Waals surface area (Å²) in [5, 5.41) is 21.7. The van der Waals surface area contributed by atoms with E-state index in [4.69, 9.17) is 4.74 Å². The predicted octanol–water partition coefficient (Wildman–Crippen LogP) is 7.59. The van der Waals surface area contributed by atoms with E-state index in [1.54, 1.807) is 12.2 Å². The number of ether oxygens (including phenoxy) is 1. The highest BCUT2D eigenvalue weighted by Gasteiger charge is 2.70. The molecule has 0 unspecified atom stereocenters. The van der Waals surface area contributed by atoms with Gasteiger partial charge in [-0.1, -0.05) is 109 Å². The van der Waals surface area contributed by atoms with Crippen LogP contribution in [0.4, 0.5) is 0 Å². The predicted molar refractivity (Wildman–Crippen MR) is 169 cm³/mol. The molecule has 0 radical (unpaired) electrons. The minimum atomic E-state index is -1.40. The number of carbonyl (C=O) groups is 3. The molecule has 3 saturated carbocycles. The fraction of sp³-hybridized carbons (Fsp3) is 0.811. The normalized spacial score (nSPS) is 34.7. The first-order valence-corrected chi connectivity index (χ1v) is 17.6. The van der Waals surface area contributed by atoms with Crippen molar-refractivity contribution in [1.82, 2.24) is 0 Å². The van der Waals surface area contributed by atoms with E-state index >= 15 is 0 Å². The van der Waals surface area contributed by atoms with Gasteiger partial charge in [0.15, 0.2) is 11.4 Å². The highest BCUT2D eigenvalue weighted by Crippen LogP contribution is 2.67. The van der Waals surface area contributed by atoms with Gasteiger partial charge in [-0.05, 0) is 62.5 Å². The molecular weight excluding hydrogens is 540 g/mol. The Morgan fingerprint density at radius 3 is 2.14 bits per heavy atom. The van der Waals surface area contributed by atoms with E-state index in [0.717, 1.165) is 44.1 Å². The Balaban J connectivity index is 1.29. The van der Waals surface area contributed by atoms with E-state index in [1.165, 1.54) is 64.2 Å². The second kappa shape index (κ2) is 15.0. The smallest absolute Gasteiger partial charge is 0.306 e. The van der Waals surface area contributed by atoms with Gasteiger partial charge < -0.3 is 14.9 Å². The van der Waals surface area contributed by atoms with Gasteiger partial charge in [-0.3, -0.25) is 14.4 Å². The molecular formula is C37H58O6. The Labute approximate surface area is 260 Å². The number of esters is 1. The molecule has 0 aliphatic heterocycles. The van der Waals surface area contributed by atoms with Crippen molar-refractivity contribution in [3.05, 3.63) is 23.8 Å². The summed E-state index contributed by atoms with van der Waals surface area (Å²) >= 11 is 0. The van der Waals surface area contributed by atoms with Crippen LogP contribution in [0, 0.1) is 28.6 Å². The minimum absolute atomic E-state index is 0.00454. The Morgan fingerprint density at radius 2 is 1.53 bits per heavy atom. The molecule has 3 fully saturated rings. The van der Waals surface area contributed by atoms with Gasteiger partial charge in [0, 0.05) is 23.2 Å². The fourth-order valence-corrected chi connectivity index (χ4v) is 9.66. The van der Waals surface area contributed by atoms with Crippen LogP contribution < -0.4 is 0 Å². The molecule has 4 aliphatic rings. The molecule has 0 aromatic heterocycles. The second-order valence-electron chi connectivity index (χ2n) is 14.6. The molecule has 6 nitrogen and oxygen atoms in total. The third kappa shape index (κ3) is 7.06. The molecule has 0 saturated heterocycles. The van der Waals surface area contributed by atoms with E-state index in [0.29, 0.717) is 12.8 Å². The van der Waals surface area contributed by atoms with Crippen LogP contribution in [0.2, 0.25) is 0 Å². The summed E-state index contributed by atoms with van der Waals surface area (Å²) in [4.78, 5) is 38.8. The molecule has 0 aromatic rings. The number of aliphatic hydroxyl groups is 2. The molecule has 0 spiro atoms. The minimum Gasteiger partial charge on any atom is -0.450 e. The lowest BCUT2D eigenvalue weighted by Gasteiger charge is -2.59. The summed E-state index contributed by atoms with van der Waals surface area (Å²) in [6.45, 7) is 5.71. The van der Waals surface area contributed by atoms with Crippen LogP contribution in [0.25, 0.3) is 0 Å². The molecule has 4 rings (SSSR count). The Kier molecular flexibility index (Phi) is 11.9. The zero-order chi connectivity index (χ0) is 31.1. The number of hydrogen-bond donors (Lipinski definition) is 2. The Bertz CT molecular complexity index is 1050. The summed E-state index contributed by atoms with van der Waals surface area (Å²) < 4.78 is 6.18. The maximum Gasteiger partial charge on any atom is 0.306 e. The number of carbonyl (C=O) groups excluding carboxylic acids is 3. The highest BCUT2D eigenvalue weighted by molar-refractivity contribution is 6.01. The van der Waals surface area contributed by atoms with Crippen LogP contribution in [0.5, 0.6) is 0 Å². The van der Waals surface area contributed by atoms with Gasteiger partial charge in [0.1, 0.15) is 6.61 Å². The zero-order valence-corrected chi connectivity index (χ0v) is 27.2. The summed E-state index contributed by atoms with van der Waals surface area (Å²) in [5.74, 6) is -0.626. The van der Waals surface area contributed by atoms with Crippen molar-refractivity contribution in [2.24, 2.45) is 28.6 Å². The van der Waals surface area contributed by atoms with E-state index in [-0.39, 0.29) is 35.9 Å². The van der Waals surface area contributed by atoms with Crippen molar-refractivity contribution in [2.75, 3.05) is 6.61 Å². The van der Waals surface area contributed by atoms with Crippen molar-refractivity contribution < 1.29 is 29.3 Å². The van der Waals surface area contributed by atoms with Crippen molar-refractivity contribution in [1.29, 1.82) is 0 Å². The number of aliphatic hydroxyl groups excluding tert-OH is 2. The van der Waals surface area contributed by atoms with Gasteiger partial charge in [0.25, 0.3) is 0 Å². The third-order valence-corrected chi connectivity index (χ3v) is 12.0. The van der Waals surface area contributed by atoms with Crippen LogP contribution in [0.3, 0.4) is 0 Å². The lowest BCUT2D eigenvalue weighted by molar-refractivity contribution is -0.200. The van der Waals surface area contributed by atoms with E-state index in [2.05, 4.69) is 13.8 Å². The average molecular weight is 599 g/mol. The molecule has 0 heterocycles. The van der Waals surface area contributed by atoms with Crippen molar-refractivity contribution in [2.45, 2.75) is 154 Å². The summed E-state index contributed by atoms with van der Waals surface area (Å²) in [6, 6.07) is 0. The molecule has 0 amide bonds. The number of ketones is 2. The molecule has 0 bridgehead atoms. The van der Waals surface area contributed by atoms with Crippen LogP contribution in [0.15, 0.2) is 23.8 Å². The van der Waals surface area contributed by atoms with E-state index in [1.807, 2.05) is 13.0 Å². The number of allylic oxidation sites excluding steroid dienone is 4. The maximum atomic E-state index is 13.4. The largest absolute Gasteiger partial charge is 0.450 e. The number of rotatable bonds is 17. The average Bonchev–Trinajstić information content (AvgIpc) is 3.27. The van der Waals surface area contributed by atoms with Gasteiger partial charge in [-0.15, -0.1) is 0 Å². The monoisotopic (exact) mass is 598 g/mol. The number of unbranched alkanes of at least 4 members (excludes halogenated alkanes) is 12. The first-order chi connectivity index (χ1) is 20.6. The second-order valence-corrected chi connectivity index (χ2v) is 14.6. The molecule has 7 atom stereocenters. The maximum absolute atomic E-state index is 13.4. The van der Waals surface area contributed by atoms with Crippen LogP contribution in [0.1, 0.15) is 143 Å². The molecule has 4 aliphatic carbocycles. The quantitative estimate of drug-likeness (QED) is 0.132. The Morgan fingerprint density at radius 1 is 0.930 bits per heavy atom. The molecule has 242 valence electrons. The SMILES string of the molecule is CCCCCCCCCCCCCCCC(=O)O[C@]1(C(=O)CO)CC[C@H]2[C@@H]3CCC4=CC(=O)C=C[C@]4(C)[C@H]3[C@@H](O)C[C@@]21C. The number of fused-ring (bicyclic) bond motifs is 5. The van der Waals surface area contributed by atoms with E-state index < -0.39 is 34.9 Å². The van der Waals surface area contributed by atoms with E-state index in [9.17, 15) is 24.6 Å². The molecule has 6 heteroatoms. The lowest BCUT2D eigenvalue weighted by Crippen LogP contribution is -2.63. The van der Waals surface area contributed by atoms with Crippen molar-refractivity contribution in [3.63, 3.8) is 0 Å². The number of hydrogen-bond acceptors (Lipinski definition) is 6. The lowest BCUT2D eigenvalue weighted by atomic mass is 9.46. The standard InChI is InChI=1S/C37H58O6/c1-4-5-6-7-8-9-10-11-12-13-14-15-16-17-33(42)43-37(32(41)26-38)23-21-30-29-19-18-27-24-28(39)20-22-35(27,2)34(29)31(40)25-36(30,37)3/h20,22,24,29-31,34,38,40H,4-19,21,23,25-26H2,1-3H3/t29-,30-,31-,34+,35-,36-,37-/m0/s1. The van der Waals surface area contributed by atoms with Crippen molar-refractivity contribution >= 4 is 17.5 Å². The van der Waals surface area contributed by atoms with Gasteiger partial charge in [-0.2, -0.15) is 0 Å². The Hall–Kier alpha value is -1.79. The molecule has 0 aromatic carbocycles. The first-order valence-electron chi connectivity index (χ1n) is 17.6. The van der Waals surface area contributed by atoms with Gasteiger partial charge in [-0.25, -0.2) is 0 Å². The highest BCUT2D eigenvalue weighted by atomic mass is 16.6. The first kappa shape index (κ1) is 34.1. The summed E-state index contributed by atoms with van der Waals surface area (Å²) in [7, 11) is 0. The number of Topliss-reactive ketones (excluding diaryl/α,β-unsaturated/α-hetero) is 1. The van der Waals surface area contributed by atoms with Gasteiger partial charge in [0.2, 0.25) is 5.78 Å². The van der Waals surface area contributed by atoms with Crippen LogP contribution >= 0.6 is 0 Å². The zero-order valence-electron chi connectivity index (χ0n) is 27.2.